The highest BCUT2D eigenvalue weighted by atomic mass is 15.2. The fraction of sp³-hybridized carbons (Fsp3) is 0.538. The Morgan fingerprint density at radius 3 is 2.94 bits per heavy atom. The topological polar surface area (TPSA) is 66.0 Å². The molecule has 92 valence electrons. The molecule has 4 nitrogen and oxygen atoms in total. The van der Waals surface area contributed by atoms with Gasteiger partial charge in [-0.05, 0) is 31.7 Å². The number of rotatable bonds is 2. The number of nitrogens with zero attached hydrogens (tertiary/aromatic N) is 2. The second kappa shape index (κ2) is 4.73. The molecule has 2 heterocycles. The van der Waals surface area contributed by atoms with Gasteiger partial charge in [-0.1, -0.05) is 6.92 Å². The Balaban J connectivity index is 2.30. The highest BCUT2D eigenvalue weighted by Gasteiger charge is 2.25. The molecule has 0 bridgehead atoms. The SMILES string of the molecule is CC1CCN(c2cnccc2C(=N)N)C(C)C1. The Bertz CT molecular complexity index is 416. The summed E-state index contributed by atoms with van der Waals surface area (Å²) in [6, 6.07) is 2.31. The van der Waals surface area contributed by atoms with Crippen molar-refractivity contribution in [2.45, 2.75) is 32.7 Å². The number of pyridine rings is 1. The molecular formula is C13H20N4. The van der Waals surface area contributed by atoms with Crippen molar-refractivity contribution in [1.82, 2.24) is 4.98 Å². The first-order valence-electron chi connectivity index (χ1n) is 6.14. The molecule has 0 radical (unpaired) electrons. The summed E-state index contributed by atoms with van der Waals surface area (Å²) in [5, 5.41) is 7.62. The molecule has 3 N–H and O–H groups in total. The third-order valence-corrected chi connectivity index (χ3v) is 3.54. The molecule has 1 aromatic heterocycles. The van der Waals surface area contributed by atoms with Crippen molar-refractivity contribution in [2.75, 3.05) is 11.4 Å². The van der Waals surface area contributed by atoms with Crippen molar-refractivity contribution in [3.05, 3.63) is 24.0 Å². The van der Waals surface area contributed by atoms with Crippen LogP contribution in [0.2, 0.25) is 0 Å². The van der Waals surface area contributed by atoms with Crippen LogP contribution in [0.1, 0.15) is 32.3 Å². The number of amidine groups is 1. The summed E-state index contributed by atoms with van der Waals surface area (Å²) in [5.41, 5.74) is 7.42. The third kappa shape index (κ3) is 2.40. The second-order valence-corrected chi connectivity index (χ2v) is 4.98. The van der Waals surface area contributed by atoms with E-state index in [2.05, 4.69) is 23.7 Å². The minimum atomic E-state index is 0.119. The van der Waals surface area contributed by atoms with Gasteiger partial charge in [-0.2, -0.15) is 0 Å². The largest absolute Gasteiger partial charge is 0.384 e. The van der Waals surface area contributed by atoms with E-state index >= 15 is 0 Å². The molecular weight excluding hydrogens is 212 g/mol. The van der Waals surface area contributed by atoms with Gasteiger partial charge in [0.25, 0.3) is 0 Å². The van der Waals surface area contributed by atoms with Crippen LogP contribution >= 0.6 is 0 Å². The highest BCUT2D eigenvalue weighted by Crippen LogP contribution is 2.29. The molecule has 2 atom stereocenters. The molecule has 2 unspecified atom stereocenters. The highest BCUT2D eigenvalue weighted by molar-refractivity contribution is 6.00. The zero-order valence-electron chi connectivity index (χ0n) is 10.5. The minimum Gasteiger partial charge on any atom is -0.384 e. The molecule has 0 aromatic carbocycles. The van der Waals surface area contributed by atoms with E-state index in [1.807, 2.05) is 12.3 Å². The maximum absolute atomic E-state index is 7.62. The number of nitrogens with one attached hydrogen (secondary N) is 1. The summed E-state index contributed by atoms with van der Waals surface area (Å²) in [5.74, 6) is 0.895. The molecule has 1 saturated heterocycles. The number of anilines is 1. The van der Waals surface area contributed by atoms with E-state index in [-0.39, 0.29) is 5.84 Å². The van der Waals surface area contributed by atoms with Crippen LogP contribution in [0, 0.1) is 11.3 Å². The lowest BCUT2D eigenvalue weighted by atomic mass is 9.92. The normalized spacial score (nSPS) is 24.7. The zero-order chi connectivity index (χ0) is 12.4. The summed E-state index contributed by atoms with van der Waals surface area (Å²) < 4.78 is 0. The number of nitrogens with two attached hydrogens (primary N) is 1. The molecule has 0 saturated carbocycles. The maximum atomic E-state index is 7.62. The van der Waals surface area contributed by atoms with Gasteiger partial charge in [-0.15, -0.1) is 0 Å². The van der Waals surface area contributed by atoms with Crippen LogP contribution in [-0.4, -0.2) is 23.4 Å². The summed E-state index contributed by atoms with van der Waals surface area (Å²) in [6.45, 7) is 5.55. The Hall–Kier alpha value is -1.58. The summed E-state index contributed by atoms with van der Waals surface area (Å²) in [4.78, 5) is 6.49. The lowest BCUT2D eigenvalue weighted by molar-refractivity contribution is 0.377. The summed E-state index contributed by atoms with van der Waals surface area (Å²) in [6.07, 6.45) is 5.89. The number of hydrogen-bond donors (Lipinski definition) is 2. The van der Waals surface area contributed by atoms with Crippen molar-refractivity contribution >= 4 is 11.5 Å². The van der Waals surface area contributed by atoms with Crippen LogP contribution in [0.15, 0.2) is 18.5 Å². The lowest BCUT2D eigenvalue weighted by Gasteiger charge is -2.38. The van der Waals surface area contributed by atoms with Crippen molar-refractivity contribution < 1.29 is 0 Å². The van der Waals surface area contributed by atoms with Gasteiger partial charge in [0.15, 0.2) is 0 Å². The Morgan fingerprint density at radius 1 is 1.53 bits per heavy atom. The van der Waals surface area contributed by atoms with E-state index in [0.29, 0.717) is 6.04 Å². The molecule has 17 heavy (non-hydrogen) atoms. The summed E-state index contributed by atoms with van der Waals surface area (Å²) in [7, 11) is 0. The van der Waals surface area contributed by atoms with Crippen molar-refractivity contribution in [1.29, 1.82) is 5.41 Å². The smallest absolute Gasteiger partial charge is 0.125 e. The first-order chi connectivity index (χ1) is 8.09. The van der Waals surface area contributed by atoms with Gasteiger partial charge in [-0.25, -0.2) is 0 Å². The zero-order valence-corrected chi connectivity index (χ0v) is 10.5. The molecule has 1 aromatic rings. The van der Waals surface area contributed by atoms with E-state index in [4.69, 9.17) is 11.1 Å². The van der Waals surface area contributed by atoms with Crippen molar-refractivity contribution in [2.24, 2.45) is 11.7 Å². The van der Waals surface area contributed by atoms with Crippen molar-refractivity contribution in [3.63, 3.8) is 0 Å². The maximum Gasteiger partial charge on any atom is 0.125 e. The number of aromatic nitrogens is 1. The summed E-state index contributed by atoms with van der Waals surface area (Å²) >= 11 is 0. The van der Waals surface area contributed by atoms with Gasteiger partial charge in [0.05, 0.1) is 11.9 Å². The molecule has 1 fully saturated rings. The van der Waals surface area contributed by atoms with Crippen LogP contribution in [0.3, 0.4) is 0 Å². The molecule has 0 amide bonds. The van der Waals surface area contributed by atoms with Crippen LogP contribution in [0.25, 0.3) is 0 Å². The lowest BCUT2D eigenvalue weighted by Crippen LogP contribution is -2.41. The number of piperidine rings is 1. The Kier molecular flexibility index (Phi) is 3.31. The average molecular weight is 232 g/mol. The minimum absolute atomic E-state index is 0.119. The van der Waals surface area contributed by atoms with Crippen LogP contribution in [0.4, 0.5) is 5.69 Å². The number of hydrogen-bond acceptors (Lipinski definition) is 3. The van der Waals surface area contributed by atoms with Crippen molar-refractivity contribution in [3.8, 4) is 0 Å². The molecule has 0 spiro atoms. The van der Waals surface area contributed by atoms with Crippen LogP contribution in [-0.2, 0) is 0 Å². The standard InChI is InChI=1S/C13H20N4/c1-9-4-6-17(10(2)7-9)12-8-16-5-3-11(12)13(14)15/h3,5,8-10H,4,6-7H2,1-2H3,(H3,14,15). The van der Waals surface area contributed by atoms with E-state index in [1.165, 1.54) is 12.8 Å². The third-order valence-electron chi connectivity index (χ3n) is 3.54. The first kappa shape index (κ1) is 11.9. The Labute approximate surface area is 102 Å². The number of nitrogen functional groups attached to an aromatic ring is 1. The predicted molar refractivity (Wildman–Crippen MR) is 70.5 cm³/mol. The monoisotopic (exact) mass is 232 g/mol. The van der Waals surface area contributed by atoms with Crippen LogP contribution < -0.4 is 10.6 Å². The molecule has 0 aliphatic carbocycles. The fourth-order valence-corrected chi connectivity index (χ4v) is 2.61. The van der Waals surface area contributed by atoms with E-state index in [1.54, 1.807) is 6.20 Å². The predicted octanol–water partition coefficient (Wildman–Crippen LogP) is 1.99. The van der Waals surface area contributed by atoms with Gasteiger partial charge >= 0.3 is 0 Å². The second-order valence-electron chi connectivity index (χ2n) is 4.98. The first-order valence-corrected chi connectivity index (χ1v) is 6.14. The quantitative estimate of drug-likeness (QED) is 0.605. The van der Waals surface area contributed by atoms with E-state index in [9.17, 15) is 0 Å². The molecule has 1 aliphatic heterocycles. The molecule has 2 rings (SSSR count). The van der Waals surface area contributed by atoms with Gasteiger partial charge in [0.1, 0.15) is 5.84 Å². The van der Waals surface area contributed by atoms with Gasteiger partial charge in [-0.3, -0.25) is 10.4 Å². The Morgan fingerprint density at radius 2 is 2.29 bits per heavy atom. The fourth-order valence-electron chi connectivity index (χ4n) is 2.61. The van der Waals surface area contributed by atoms with Crippen LogP contribution in [0.5, 0.6) is 0 Å². The molecule has 4 heteroatoms. The van der Waals surface area contributed by atoms with E-state index in [0.717, 1.165) is 23.7 Å². The van der Waals surface area contributed by atoms with E-state index < -0.39 is 0 Å². The van der Waals surface area contributed by atoms with Gasteiger partial charge in [0, 0.05) is 24.3 Å². The van der Waals surface area contributed by atoms with Gasteiger partial charge < -0.3 is 10.6 Å². The van der Waals surface area contributed by atoms with Gasteiger partial charge in [0.2, 0.25) is 0 Å². The average Bonchev–Trinajstić information content (AvgIpc) is 2.29. The molecule has 1 aliphatic rings.